The van der Waals surface area contributed by atoms with Crippen LogP contribution in [0.1, 0.15) is 12.8 Å². The Hall–Kier alpha value is -3.80. The van der Waals surface area contributed by atoms with E-state index in [9.17, 15) is 14.0 Å². The predicted octanol–water partition coefficient (Wildman–Crippen LogP) is 3.99. The number of nitrogens with one attached hydrogen (secondary N) is 2. The van der Waals surface area contributed by atoms with Gasteiger partial charge in [-0.25, -0.2) is 14.4 Å². The van der Waals surface area contributed by atoms with E-state index < -0.39 is 5.82 Å². The smallest absolute Gasteiger partial charge is 0.324 e. The molecule has 10 nitrogen and oxygen atoms in total. The number of nitrogens with zero attached hydrogens (tertiary/aromatic N) is 4. The SMILES string of the molecule is O=C(C=CCN1CCN2CCOC(=O)C2C1)Nc1cc2c(Nc3ccc(F)c(Cl)c3)ncnc2cc1OCC1CC1. The summed E-state index contributed by atoms with van der Waals surface area (Å²) < 4.78 is 24.9. The number of esters is 1. The lowest BCUT2D eigenvalue weighted by Crippen LogP contribution is -2.60. The lowest BCUT2D eigenvalue weighted by molar-refractivity contribution is -0.160. The molecule has 1 saturated carbocycles. The van der Waals surface area contributed by atoms with Crippen molar-refractivity contribution in [3.63, 3.8) is 0 Å². The summed E-state index contributed by atoms with van der Waals surface area (Å²) in [7, 11) is 0. The maximum absolute atomic E-state index is 13.7. The molecule has 2 saturated heterocycles. The number of cyclic esters (lactones) is 1. The number of benzene rings is 2. The fourth-order valence-electron chi connectivity index (χ4n) is 4.98. The number of hydrogen-bond acceptors (Lipinski definition) is 9. The Labute approximate surface area is 241 Å². The van der Waals surface area contributed by atoms with Gasteiger partial charge in [-0.3, -0.25) is 19.4 Å². The first kappa shape index (κ1) is 27.4. The van der Waals surface area contributed by atoms with Gasteiger partial charge in [-0.2, -0.15) is 0 Å². The van der Waals surface area contributed by atoms with Crippen LogP contribution in [-0.4, -0.2) is 83.6 Å². The van der Waals surface area contributed by atoms with Crippen molar-refractivity contribution in [3.8, 4) is 5.75 Å². The maximum atomic E-state index is 13.7. The van der Waals surface area contributed by atoms with Crippen molar-refractivity contribution in [2.75, 3.05) is 56.6 Å². The molecule has 1 amide bonds. The zero-order valence-electron chi connectivity index (χ0n) is 22.3. The molecule has 1 unspecified atom stereocenters. The number of piperazine rings is 1. The van der Waals surface area contributed by atoms with Crippen molar-refractivity contribution >= 4 is 51.6 Å². The van der Waals surface area contributed by atoms with Gasteiger partial charge in [0.1, 0.15) is 36.4 Å². The van der Waals surface area contributed by atoms with Crippen LogP contribution in [0.5, 0.6) is 5.75 Å². The van der Waals surface area contributed by atoms with Gasteiger partial charge in [-0.1, -0.05) is 17.7 Å². The number of fused-ring (bicyclic) bond motifs is 2. The van der Waals surface area contributed by atoms with E-state index >= 15 is 0 Å². The molecule has 0 spiro atoms. The summed E-state index contributed by atoms with van der Waals surface area (Å²) in [5, 5.41) is 6.73. The van der Waals surface area contributed by atoms with E-state index in [4.69, 9.17) is 21.1 Å². The molecular formula is C29H30ClFN6O4. The van der Waals surface area contributed by atoms with E-state index in [1.54, 1.807) is 24.3 Å². The summed E-state index contributed by atoms with van der Waals surface area (Å²) >= 11 is 5.95. The van der Waals surface area contributed by atoms with Crippen LogP contribution in [0.3, 0.4) is 0 Å². The van der Waals surface area contributed by atoms with Gasteiger partial charge in [0.15, 0.2) is 0 Å². The minimum atomic E-state index is -0.515. The Morgan fingerprint density at radius 3 is 2.90 bits per heavy atom. The zero-order valence-corrected chi connectivity index (χ0v) is 23.1. The third-order valence-electron chi connectivity index (χ3n) is 7.45. The number of rotatable bonds is 9. The van der Waals surface area contributed by atoms with Crippen LogP contribution in [0.25, 0.3) is 10.9 Å². The molecule has 1 aromatic heterocycles. The van der Waals surface area contributed by atoms with Crippen LogP contribution in [0.15, 0.2) is 48.8 Å². The number of aromatic nitrogens is 2. The number of carbonyl (C=O) groups excluding carboxylic acids is 2. The second-order valence-corrected chi connectivity index (χ2v) is 10.9. The van der Waals surface area contributed by atoms with Gasteiger partial charge in [0.25, 0.3) is 0 Å². The first-order valence-corrected chi connectivity index (χ1v) is 14.0. The minimum absolute atomic E-state index is 0.00980. The number of anilines is 3. The number of hydrogen-bond donors (Lipinski definition) is 2. The highest BCUT2D eigenvalue weighted by molar-refractivity contribution is 6.31. The quantitative estimate of drug-likeness (QED) is 0.287. The normalized spacial score (nSPS) is 19.7. The molecule has 0 bridgehead atoms. The molecule has 3 heterocycles. The largest absolute Gasteiger partial charge is 0.491 e. The van der Waals surface area contributed by atoms with Gasteiger partial charge in [0.05, 0.1) is 22.8 Å². The zero-order chi connectivity index (χ0) is 28.3. The lowest BCUT2D eigenvalue weighted by atomic mass is 10.1. The lowest BCUT2D eigenvalue weighted by Gasteiger charge is -2.41. The molecule has 3 aromatic rings. The fourth-order valence-corrected chi connectivity index (χ4v) is 5.16. The minimum Gasteiger partial charge on any atom is -0.491 e. The van der Waals surface area contributed by atoms with Gasteiger partial charge >= 0.3 is 5.97 Å². The molecule has 41 heavy (non-hydrogen) atoms. The molecule has 0 radical (unpaired) electrons. The van der Waals surface area contributed by atoms with Gasteiger partial charge in [-0.15, -0.1) is 0 Å². The first-order chi connectivity index (χ1) is 19.9. The van der Waals surface area contributed by atoms with Crippen molar-refractivity contribution in [2.45, 2.75) is 18.9 Å². The Kier molecular flexibility index (Phi) is 8.00. The van der Waals surface area contributed by atoms with E-state index in [1.165, 1.54) is 24.5 Å². The fraction of sp³-hybridized carbons (Fsp3) is 0.379. The second-order valence-electron chi connectivity index (χ2n) is 10.5. The van der Waals surface area contributed by atoms with E-state index in [2.05, 4.69) is 30.4 Å². The third-order valence-corrected chi connectivity index (χ3v) is 7.74. The van der Waals surface area contributed by atoms with Crippen LogP contribution in [0, 0.1) is 11.7 Å². The van der Waals surface area contributed by atoms with Crippen LogP contribution in [0.2, 0.25) is 5.02 Å². The summed E-state index contributed by atoms with van der Waals surface area (Å²) in [6.45, 7) is 4.49. The predicted molar refractivity (Wildman–Crippen MR) is 153 cm³/mol. The van der Waals surface area contributed by atoms with Crippen LogP contribution in [0.4, 0.5) is 21.6 Å². The molecule has 2 aliphatic heterocycles. The summed E-state index contributed by atoms with van der Waals surface area (Å²) in [5.74, 6) is 0.498. The highest BCUT2D eigenvalue weighted by Gasteiger charge is 2.35. The van der Waals surface area contributed by atoms with Gasteiger partial charge in [-0.05, 0) is 43.0 Å². The van der Waals surface area contributed by atoms with Crippen LogP contribution in [-0.2, 0) is 14.3 Å². The monoisotopic (exact) mass is 580 g/mol. The number of ether oxygens (including phenoxy) is 2. The van der Waals surface area contributed by atoms with E-state index in [1.807, 2.05) is 0 Å². The van der Waals surface area contributed by atoms with E-state index in [0.717, 1.165) is 32.5 Å². The highest BCUT2D eigenvalue weighted by Crippen LogP contribution is 2.36. The average molecular weight is 581 g/mol. The Bertz CT molecular complexity index is 1500. The number of halogens is 2. The van der Waals surface area contributed by atoms with Gasteiger partial charge < -0.3 is 20.1 Å². The van der Waals surface area contributed by atoms with Crippen molar-refractivity contribution in [1.29, 1.82) is 0 Å². The molecule has 12 heteroatoms. The van der Waals surface area contributed by atoms with Crippen molar-refractivity contribution in [1.82, 2.24) is 19.8 Å². The van der Waals surface area contributed by atoms with Crippen molar-refractivity contribution in [3.05, 3.63) is 59.7 Å². The molecule has 1 atom stereocenters. The molecule has 3 aliphatic rings. The summed E-state index contributed by atoms with van der Waals surface area (Å²) in [4.78, 5) is 38.1. The van der Waals surface area contributed by atoms with E-state index in [0.29, 0.717) is 66.1 Å². The summed E-state index contributed by atoms with van der Waals surface area (Å²) in [6.07, 6.45) is 6.96. The Morgan fingerprint density at radius 1 is 1.20 bits per heavy atom. The first-order valence-electron chi connectivity index (χ1n) is 13.7. The highest BCUT2D eigenvalue weighted by atomic mass is 35.5. The second kappa shape index (κ2) is 12.0. The number of morpholine rings is 1. The topological polar surface area (TPSA) is 109 Å². The molecule has 214 valence electrons. The molecule has 2 N–H and O–H groups in total. The van der Waals surface area contributed by atoms with Gasteiger partial charge in [0.2, 0.25) is 5.91 Å². The summed E-state index contributed by atoms with van der Waals surface area (Å²) in [6, 6.07) is 7.61. The summed E-state index contributed by atoms with van der Waals surface area (Å²) in [5.41, 5.74) is 1.66. The Balaban J connectivity index is 1.18. The number of carbonyl (C=O) groups is 2. The molecule has 1 aliphatic carbocycles. The number of amides is 1. The average Bonchev–Trinajstić information content (AvgIpc) is 3.79. The molecular weight excluding hydrogens is 551 g/mol. The molecule has 3 fully saturated rings. The van der Waals surface area contributed by atoms with Gasteiger partial charge in [0, 0.05) is 55.9 Å². The van der Waals surface area contributed by atoms with Crippen molar-refractivity contribution < 1.29 is 23.5 Å². The van der Waals surface area contributed by atoms with E-state index in [-0.39, 0.29) is 22.9 Å². The molecule has 2 aromatic carbocycles. The maximum Gasteiger partial charge on any atom is 0.324 e. The van der Waals surface area contributed by atoms with Crippen LogP contribution < -0.4 is 15.4 Å². The third kappa shape index (κ3) is 6.58. The Morgan fingerprint density at radius 2 is 2.07 bits per heavy atom. The van der Waals surface area contributed by atoms with Crippen LogP contribution >= 0.6 is 11.6 Å². The molecule has 6 rings (SSSR count). The standard InChI is InChI=1S/C29H30ClFN6O4/c30-21-12-19(5-6-22(21)31)34-28-20-13-24(26(41-16-18-3-4-18)14-23(20)32-17-33-28)35-27(38)2-1-7-36-8-9-37-10-11-40-29(39)25(37)15-36/h1-2,5-6,12-14,17-18,25H,3-4,7-11,15-16H2,(H,35,38)(H,32,33,34). The van der Waals surface area contributed by atoms with Crippen molar-refractivity contribution in [2.24, 2.45) is 5.92 Å².